The molecule has 0 N–H and O–H groups in total. The number of piperidine rings is 1. The minimum Gasteiger partial charge on any atom is -0.491 e. The Kier molecular flexibility index (Phi) is 5.67. The zero-order valence-electron chi connectivity index (χ0n) is 16.5. The quantitative estimate of drug-likeness (QED) is 0.635. The molecule has 0 bridgehead atoms. The van der Waals surface area contributed by atoms with Crippen molar-refractivity contribution in [3.8, 4) is 28.7 Å². The molecule has 2 aromatic heterocycles. The summed E-state index contributed by atoms with van der Waals surface area (Å²) in [6, 6.07) is 12.3. The zero-order chi connectivity index (χ0) is 19.3. The molecule has 146 valence electrons. The molecule has 1 atom stereocenters. The molecule has 0 aliphatic carbocycles. The Morgan fingerprint density at radius 1 is 1.18 bits per heavy atom. The molecule has 28 heavy (non-hydrogen) atoms. The summed E-state index contributed by atoms with van der Waals surface area (Å²) in [5, 5.41) is 4.12. The Morgan fingerprint density at radius 2 is 2.07 bits per heavy atom. The summed E-state index contributed by atoms with van der Waals surface area (Å²) in [5.41, 5.74) is 2.55. The van der Waals surface area contributed by atoms with Gasteiger partial charge in [-0.3, -0.25) is 9.88 Å². The van der Waals surface area contributed by atoms with E-state index in [4.69, 9.17) is 9.26 Å². The third kappa shape index (κ3) is 4.07. The number of hydrogen-bond donors (Lipinski definition) is 0. The van der Waals surface area contributed by atoms with Crippen LogP contribution in [0.5, 0.6) is 5.75 Å². The molecule has 1 aliphatic heterocycles. The van der Waals surface area contributed by atoms with Gasteiger partial charge >= 0.3 is 0 Å². The first kappa shape index (κ1) is 18.6. The number of ether oxygens (including phenoxy) is 1. The van der Waals surface area contributed by atoms with E-state index in [2.05, 4.69) is 26.9 Å². The van der Waals surface area contributed by atoms with E-state index in [-0.39, 0.29) is 0 Å². The number of benzene rings is 1. The lowest BCUT2D eigenvalue weighted by molar-refractivity contribution is 0.133. The molecular weight excluding hydrogens is 352 g/mol. The van der Waals surface area contributed by atoms with E-state index in [1.807, 2.05) is 43.3 Å². The molecule has 6 nitrogen and oxygen atoms in total. The lowest BCUT2D eigenvalue weighted by Gasteiger charge is -2.33. The Hall–Kier alpha value is -2.73. The molecule has 3 aromatic rings. The Bertz CT molecular complexity index is 924. The second-order valence-electron chi connectivity index (χ2n) is 7.32. The first-order chi connectivity index (χ1) is 13.7. The lowest BCUT2D eigenvalue weighted by atomic mass is 10.0. The third-order valence-electron chi connectivity index (χ3n) is 5.34. The van der Waals surface area contributed by atoms with E-state index < -0.39 is 0 Å². The van der Waals surface area contributed by atoms with Crippen LogP contribution in [0.15, 0.2) is 47.1 Å². The van der Waals surface area contributed by atoms with Crippen molar-refractivity contribution in [3.63, 3.8) is 0 Å². The normalized spacial score (nSPS) is 17.6. The summed E-state index contributed by atoms with van der Waals surface area (Å²) in [4.78, 5) is 11.4. The van der Waals surface area contributed by atoms with E-state index in [1.165, 1.54) is 19.3 Å². The molecular formula is C22H26N4O2. The number of aryl methyl sites for hydroxylation is 1. The van der Waals surface area contributed by atoms with Crippen LogP contribution in [-0.4, -0.2) is 45.8 Å². The van der Waals surface area contributed by atoms with E-state index in [9.17, 15) is 0 Å². The van der Waals surface area contributed by atoms with Crippen LogP contribution in [0.4, 0.5) is 0 Å². The number of pyridine rings is 1. The van der Waals surface area contributed by atoms with Gasteiger partial charge in [-0.15, -0.1) is 0 Å². The largest absolute Gasteiger partial charge is 0.491 e. The summed E-state index contributed by atoms with van der Waals surface area (Å²) in [5.74, 6) is 1.70. The van der Waals surface area contributed by atoms with Crippen LogP contribution in [0.3, 0.4) is 0 Å². The number of likely N-dealkylation sites (tertiary alicyclic amines) is 1. The fraction of sp³-hybridized carbons (Fsp3) is 0.409. The standard InChI is InChI=1S/C22H26N4O2/c1-16-8-7-12-23-20(16)21-24-22(28-25-21)18-10-3-4-11-19(18)27-15-14-26-13-6-5-9-17(26)2/h3-4,7-8,10-12,17H,5-6,9,13-15H2,1-2H3. The minimum atomic E-state index is 0.446. The van der Waals surface area contributed by atoms with Gasteiger partial charge in [0.05, 0.1) is 5.56 Å². The Morgan fingerprint density at radius 3 is 2.93 bits per heavy atom. The van der Waals surface area contributed by atoms with Crippen molar-refractivity contribution < 1.29 is 9.26 Å². The number of nitrogens with zero attached hydrogens (tertiary/aromatic N) is 4. The molecule has 1 fully saturated rings. The van der Waals surface area contributed by atoms with E-state index in [0.717, 1.165) is 35.7 Å². The second-order valence-corrected chi connectivity index (χ2v) is 7.32. The molecule has 1 saturated heterocycles. The topological polar surface area (TPSA) is 64.3 Å². The number of rotatable bonds is 6. The lowest BCUT2D eigenvalue weighted by Crippen LogP contribution is -2.39. The predicted octanol–water partition coefficient (Wildman–Crippen LogP) is 4.36. The Balaban J connectivity index is 1.48. The molecule has 4 rings (SSSR count). The SMILES string of the molecule is Cc1cccnc1-c1noc(-c2ccccc2OCCN2CCCCC2C)n1. The molecule has 0 radical (unpaired) electrons. The van der Waals surface area contributed by atoms with Crippen molar-refractivity contribution in [1.82, 2.24) is 20.0 Å². The van der Waals surface area contributed by atoms with Gasteiger partial charge in [-0.2, -0.15) is 4.98 Å². The minimum absolute atomic E-state index is 0.446. The van der Waals surface area contributed by atoms with Crippen molar-refractivity contribution in [2.45, 2.75) is 39.2 Å². The van der Waals surface area contributed by atoms with Crippen LogP contribution in [-0.2, 0) is 0 Å². The van der Waals surface area contributed by atoms with Gasteiger partial charge in [0, 0.05) is 18.8 Å². The third-order valence-corrected chi connectivity index (χ3v) is 5.34. The number of aromatic nitrogens is 3. The maximum Gasteiger partial charge on any atom is 0.262 e. The summed E-state index contributed by atoms with van der Waals surface area (Å²) < 4.78 is 11.6. The van der Waals surface area contributed by atoms with Crippen molar-refractivity contribution in [1.29, 1.82) is 0 Å². The van der Waals surface area contributed by atoms with E-state index in [0.29, 0.717) is 24.4 Å². The van der Waals surface area contributed by atoms with Gasteiger partial charge in [-0.05, 0) is 57.0 Å². The van der Waals surface area contributed by atoms with Crippen LogP contribution in [0.2, 0.25) is 0 Å². The molecule has 6 heteroatoms. The Labute approximate surface area is 165 Å². The fourth-order valence-corrected chi connectivity index (χ4v) is 3.68. The smallest absolute Gasteiger partial charge is 0.262 e. The number of para-hydroxylation sites is 1. The molecule has 0 amide bonds. The molecule has 3 heterocycles. The maximum atomic E-state index is 6.10. The maximum absolute atomic E-state index is 6.10. The highest BCUT2D eigenvalue weighted by molar-refractivity contribution is 5.65. The van der Waals surface area contributed by atoms with Gasteiger partial charge in [0.2, 0.25) is 5.82 Å². The van der Waals surface area contributed by atoms with Crippen molar-refractivity contribution in [3.05, 3.63) is 48.2 Å². The summed E-state index contributed by atoms with van der Waals surface area (Å²) in [6.07, 6.45) is 5.61. The van der Waals surface area contributed by atoms with Crippen molar-refractivity contribution >= 4 is 0 Å². The second kappa shape index (κ2) is 8.52. The van der Waals surface area contributed by atoms with Gasteiger partial charge in [0.25, 0.3) is 5.89 Å². The first-order valence-electron chi connectivity index (χ1n) is 9.94. The molecule has 1 aromatic carbocycles. The first-order valence-corrected chi connectivity index (χ1v) is 9.94. The summed E-state index contributed by atoms with van der Waals surface area (Å²) >= 11 is 0. The van der Waals surface area contributed by atoms with Gasteiger partial charge in [0.15, 0.2) is 0 Å². The highest BCUT2D eigenvalue weighted by atomic mass is 16.5. The van der Waals surface area contributed by atoms with Crippen molar-refractivity contribution in [2.24, 2.45) is 0 Å². The van der Waals surface area contributed by atoms with Crippen LogP contribution in [0.1, 0.15) is 31.7 Å². The zero-order valence-corrected chi connectivity index (χ0v) is 16.5. The van der Waals surface area contributed by atoms with Gasteiger partial charge in [-0.25, -0.2) is 0 Å². The monoisotopic (exact) mass is 378 g/mol. The summed E-state index contributed by atoms with van der Waals surface area (Å²) in [6.45, 7) is 7.01. The molecule has 0 spiro atoms. The van der Waals surface area contributed by atoms with Gasteiger partial charge in [-0.1, -0.05) is 29.8 Å². The highest BCUT2D eigenvalue weighted by Gasteiger charge is 2.19. The number of hydrogen-bond acceptors (Lipinski definition) is 6. The van der Waals surface area contributed by atoms with E-state index in [1.54, 1.807) is 6.20 Å². The van der Waals surface area contributed by atoms with Crippen LogP contribution in [0, 0.1) is 6.92 Å². The molecule has 1 aliphatic rings. The molecule has 0 saturated carbocycles. The average Bonchev–Trinajstić information content (AvgIpc) is 3.20. The average molecular weight is 378 g/mol. The summed E-state index contributed by atoms with van der Waals surface area (Å²) in [7, 11) is 0. The van der Waals surface area contributed by atoms with Gasteiger partial charge < -0.3 is 9.26 Å². The van der Waals surface area contributed by atoms with Crippen LogP contribution >= 0.6 is 0 Å². The fourth-order valence-electron chi connectivity index (χ4n) is 3.68. The van der Waals surface area contributed by atoms with Gasteiger partial charge in [0.1, 0.15) is 18.1 Å². The predicted molar refractivity (Wildman–Crippen MR) is 108 cm³/mol. The van der Waals surface area contributed by atoms with Crippen molar-refractivity contribution in [2.75, 3.05) is 19.7 Å². The van der Waals surface area contributed by atoms with E-state index >= 15 is 0 Å². The molecule has 1 unspecified atom stereocenters. The highest BCUT2D eigenvalue weighted by Crippen LogP contribution is 2.30. The van der Waals surface area contributed by atoms with Crippen LogP contribution < -0.4 is 4.74 Å². The van der Waals surface area contributed by atoms with Crippen LogP contribution in [0.25, 0.3) is 23.0 Å².